The van der Waals surface area contributed by atoms with Crippen molar-refractivity contribution in [3.8, 4) is 5.75 Å². The molecule has 0 aliphatic heterocycles. The lowest BCUT2D eigenvalue weighted by Crippen LogP contribution is -2.26. The third-order valence-corrected chi connectivity index (χ3v) is 4.41. The van der Waals surface area contributed by atoms with Gasteiger partial charge in [0.25, 0.3) is 5.56 Å². The summed E-state index contributed by atoms with van der Waals surface area (Å²) in [6.07, 6.45) is 1.72. The number of hydrogen-bond donors (Lipinski definition) is 1. The number of para-hydroxylation sites is 1. The van der Waals surface area contributed by atoms with E-state index < -0.39 is 0 Å². The molecule has 0 saturated carbocycles. The van der Waals surface area contributed by atoms with Crippen LogP contribution in [0.15, 0.2) is 66.0 Å². The van der Waals surface area contributed by atoms with Crippen molar-refractivity contribution in [1.82, 2.24) is 14.9 Å². The van der Waals surface area contributed by atoms with Crippen molar-refractivity contribution in [2.24, 2.45) is 0 Å². The number of aromatic amines is 1. The van der Waals surface area contributed by atoms with E-state index in [0.29, 0.717) is 17.8 Å². The Bertz CT molecular complexity index is 947. The van der Waals surface area contributed by atoms with E-state index in [-0.39, 0.29) is 11.6 Å². The van der Waals surface area contributed by atoms with Gasteiger partial charge in [-0.1, -0.05) is 36.9 Å². The van der Waals surface area contributed by atoms with E-state index in [9.17, 15) is 4.79 Å². The maximum Gasteiger partial charge on any atom is 0.258 e. The smallest absolute Gasteiger partial charge is 0.258 e. The SMILES string of the molecule is C=CCOc1ccc(CN(C)[C@H](C)c2nc3ccccc3c(=O)[nH]2)cc1. The molecule has 0 saturated heterocycles. The summed E-state index contributed by atoms with van der Waals surface area (Å²) in [7, 11) is 2.02. The Morgan fingerprint density at radius 2 is 1.96 bits per heavy atom. The third kappa shape index (κ3) is 4.00. The Morgan fingerprint density at radius 1 is 1.23 bits per heavy atom. The first-order valence-electron chi connectivity index (χ1n) is 8.60. The first kappa shape index (κ1) is 17.9. The highest BCUT2D eigenvalue weighted by Crippen LogP contribution is 2.20. The molecule has 5 heteroatoms. The molecule has 1 N–H and O–H groups in total. The van der Waals surface area contributed by atoms with Crippen LogP contribution in [0.25, 0.3) is 10.9 Å². The lowest BCUT2D eigenvalue weighted by atomic mass is 10.1. The van der Waals surface area contributed by atoms with Crippen LogP contribution in [0.3, 0.4) is 0 Å². The molecule has 3 rings (SSSR count). The zero-order valence-corrected chi connectivity index (χ0v) is 15.1. The zero-order valence-electron chi connectivity index (χ0n) is 15.1. The molecule has 0 unspecified atom stereocenters. The van der Waals surface area contributed by atoms with Crippen LogP contribution in [0.5, 0.6) is 5.75 Å². The van der Waals surface area contributed by atoms with Crippen LogP contribution < -0.4 is 10.3 Å². The van der Waals surface area contributed by atoms with Crippen molar-refractivity contribution < 1.29 is 4.74 Å². The lowest BCUT2D eigenvalue weighted by molar-refractivity contribution is 0.244. The topological polar surface area (TPSA) is 58.2 Å². The highest BCUT2D eigenvalue weighted by atomic mass is 16.5. The number of hydrogen-bond acceptors (Lipinski definition) is 4. The van der Waals surface area contributed by atoms with Crippen molar-refractivity contribution in [3.63, 3.8) is 0 Å². The fourth-order valence-corrected chi connectivity index (χ4v) is 2.78. The average Bonchev–Trinajstić information content (AvgIpc) is 2.66. The highest BCUT2D eigenvalue weighted by Gasteiger charge is 2.16. The molecular weight excluding hydrogens is 326 g/mol. The summed E-state index contributed by atoms with van der Waals surface area (Å²) in [5, 5.41) is 0.612. The quantitative estimate of drug-likeness (QED) is 0.661. The van der Waals surface area contributed by atoms with Crippen LogP contribution in [0, 0.1) is 0 Å². The van der Waals surface area contributed by atoms with Gasteiger partial charge in [0, 0.05) is 6.54 Å². The van der Waals surface area contributed by atoms with Crippen molar-refractivity contribution in [1.29, 1.82) is 0 Å². The molecule has 0 fully saturated rings. The van der Waals surface area contributed by atoms with Gasteiger partial charge in [-0.05, 0) is 43.8 Å². The van der Waals surface area contributed by atoms with Crippen molar-refractivity contribution in [3.05, 3.63) is 82.9 Å². The minimum atomic E-state index is -0.102. The molecule has 0 radical (unpaired) electrons. The number of fused-ring (bicyclic) bond motifs is 1. The van der Waals surface area contributed by atoms with E-state index in [0.717, 1.165) is 23.4 Å². The van der Waals surface area contributed by atoms with Gasteiger partial charge >= 0.3 is 0 Å². The first-order chi connectivity index (χ1) is 12.6. The van der Waals surface area contributed by atoms with Crippen molar-refractivity contribution in [2.75, 3.05) is 13.7 Å². The second-order valence-electron chi connectivity index (χ2n) is 6.30. The van der Waals surface area contributed by atoms with Gasteiger partial charge < -0.3 is 9.72 Å². The molecule has 0 aliphatic rings. The zero-order chi connectivity index (χ0) is 18.5. The molecule has 5 nitrogen and oxygen atoms in total. The highest BCUT2D eigenvalue weighted by molar-refractivity contribution is 5.77. The van der Waals surface area contributed by atoms with Gasteiger partial charge in [-0.25, -0.2) is 4.98 Å². The molecule has 3 aromatic rings. The molecule has 26 heavy (non-hydrogen) atoms. The third-order valence-electron chi connectivity index (χ3n) is 4.41. The molecule has 134 valence electrons. The minimum absolute atomic E-state index is 0.0241. The monoisotopic (exact) mass is 349 g/mol. The summed E-state index contributed by atoms with van der Waals surface area (Å²) >= 11 is 0. The Labute approximate surface area is 153 Å². The van der Waals surface area contributed by atoms with Gasteiger partial charge in [0.05, 0.1) is 16.9 Å². The van der Waals surface area contributed by atoms with Crippen LogP contribution >= 0.6 is 0 Å². The van der Waals surface area contributed by atoms with Gasteiger partial charge in [-0.3, -0.25) is 9.69 Å². The largest absolute Gasteiger partial charge is 0.490 e. The fraction of sp³-hybridized carbons (Fsp3) is 0.238. The van der Waals surface area contributed by atoms with Gasteiger partial charge in [0.15, 0.2) is 0 Å². The summed E-state index contributed by atoms with van der Waals surface area (Å²) in [5.74, 6) is 1.49. The number of nitrogens with zero attached hydrogens (tertiary/aromatic N) is 2. The number of rotatable bonds is 7. The Balaban J connectivity index is 1.74. The van der Waals surface area contributed by atoms with Crippen LogP contribution in [-0.2, 0) is 6.54 Å². The number of ether oxygens (including phenoxy) is 1. The Morgan fingerprint density at radius 3 is 2.69 bits per heavy atom. The summed E-state index contributed by atoms with van der Waals surface area (Å²) < 4.78 is 5.50. The second-order valence-corrected chi connectivity index (χ2v) is 6.30. The summed E-state index contributed by atoms with van der Waals surface area (Å²) in [5.41, 5.74) is 1.78. The van der Waals surface area contributed by atoms with E-state index in [2.05, 4.69) is 21.4 Å². The van der Waals surface area contributed by atoms with E-state index in [1.165, 1.54) is 0 Å². The fourth-order valence-electron chi connectivity index (χ4n) is 2.78. The van der Waals surface area contributed by atoms with E-state index in [1.54, 1.807) is 12.1 Å². The van der Waals surface area contributed by atoms with E-state index >= 15 is 0 Å². The van der Waals surface area contributed by atoms with Crippen LogP contribution in [0.4, 0.5) is 0 Å². The predicted octanol–water partition coefficient (Wildman–Crippen LogP) is 3.68. The Kier molecular flexibility index (Phi) is 5.49. The molecule has 0 spiro atoms. The lowest BCUT2D eigenvalue weighted by Gasteiger charge is -2.24. The van der Waals surface area contributed by atoms with Gasteiger partial charge in [0.1, 0.15) is 18.2 Å². The van der Waals surface area contributed by atoms with Crippen molar-refractivity contribution >= 4 is 10.9 Å². The van der Waals surface area contributed by atoms with Crippen LogP contribution in [0.2, 0.25) is 0 Å². The van der Waals surface area contributed by atoms with E-state index in [1.807, 2.05) is 56.4 Å². The Hall–Kier alpha value is -2.92. The molecular formula is C21H23N3O2. The average molecular weight is 349 g/mol. The number of nitrogens with one attached hydrogen (secondary N) is 1. The molecule has 2 aromatic carbocycles. The number of H-pyrrole nitrogens is 1. The second kappa shape index (κ2) is 7.97. The van der Waals surface area contributed by atoms with Gasteiger partial charge in [0.2, 0.25) is 0 Å². The van der Waals surface area contributed by atoms with E-state index in [4.69, 9.17) is 4.74 Å². The molecule has 1 heterocycles. The van der Waals surface area contributed by atoms with Gasteiger partial charge in [-0.15, -0.1) is 0 Å². The molecule has 0 amide bonds. The molecule has 1 atom stereocenters. The molecule has 0 aliphatic carbocycles. The van der Waals surface area contributed by atoms with Gasteiger partial charge in [-0.2, -0.15) is 0 Å². The maximum atomic E-state index is 12.3. The predicted molar refractivity (Wildman–Crippen MR) is 104 cm³/mol. The summed E-state index contributed by atoms with van der Waals surface area (Å²) in [6.45, 7) is 6.91. The number of benzene rings is 2. The normalized spacial score (nSPS) is 12.3. The number of aromatic nitrogens is 2. The van der Waals surface area contributed by atoms with Crippen LogP contribution in [-0.4, -0.2) is 28.5 Å². The summed E-state index contributed by atoms with van der Waals surface area (Å²) in [4.78, 5) is 22.0. The summed E-state index contributed by atoms with van der Waals surface area (Å²) in [6, 6.07) is 15.3. The first-order valence-corrected chi connectivity index (χ1v) is 8.60. The van der Waals surface area contributed by atoms with Crippen LogP contribution in [0.1, 0.15) is 24.4 Å². The maximum absolute atomic E-state index is 12.3. The molecule has 0 bridgehead atoms. The van der Waals surface area contributed by atoms with Crippen molar-refractivity contribution in [2.45, 2.75) is 19.5 Å². The standard InChI is InChI=1S/C21H23N3O2/c1-4-13-26-17-11-9-16(10-12-17)14-24(3)15(2)20-22-19-8-6-5-7-18(19)21(25)23-20/h4-12,15H,1,13-14H2,2-3H3,(H,22,23,25)/t15-/m1/s1. The molecule has 1 aromatic heterocycles. The minimum Gasteiger partial charge on any atom is -0.490 e.